The minimum atomic E-state index is -0.543. The molecule has 2 bridgehead atoms. The van der Waals surface area contributed by atoms with E-state index in [1.165, 1.54) is 0 Å². The third-order valence-corrected chi connectivity index (χ3v) is 6.13. The fourth-order valence-electron chi connectivity index (χ4n) is 4.90. The van der Waals surface area contributed by atoms with Gasteiger partial charge in [-0.15, -0.1) is 0 Å². The summed E-state index contributed by atoms with van der Waals surface area (Å²) in [5.41, 5.74) is 2.29. The van der Waals surface area contributed by atoms with Crippen molar-refractivity contribution in [3.05, 3.63) is 30.1 Å². The van der Waals surface area contributed by atoms with Crippen LogP contribution in [0.25, 0.3) is 5.52 Å². The number of aromatic nitrogens is 2. The van der Waals surface area contributed by atoms with Crippen molar-refractivity contribution in [2.75, 3.05) is 31.2 Å². The third-order valence-electron chi connectivity index (χ3n) is 6.13. The molecule has 0 spiro atoms. The number of nitrogens with zero attached hydrogens (tertiary/aromatic N) is 4. The quantitative estimate of drug-likeness (QED) is 0.756. The zero-order valence-electron chi connectivity index (χ0n) is 17.0. The van der Waals surface area contributed by atoms with Crippen molar-refractivity contribution in [2.45, 2.75) is 50.1 Å². The van der Waals surface area contributed by atoms with E-state index in [0.717, 1.165) is 24.0 Å². The molecule has 158 valence electrons. The van der Waals surface area contributed by atoms with E-state index in [9.17, 15) is 10.1 Å². The number of carbonyl (C=O) groups excluding carboxylic acids is 1. The number of morpholine rings is 2. The summed E-state index contributed by atoms with van der Waals surface area (Å²) in [5, 5.41) is 20.3. The molecule has 5 rings (SSSR count). The van der Waals surface area contributed by atoms with Gasteiger partial charge in [-0.1, -0.05) is 0 Å². The SMILES string of the molecule is C[C@@H]1CN(c2ccc(C#N)n3nccc23)C[C@H](C(=O)NC2CC3COCC(C2)N3)O1. The standard InChI is InChI=1S/C21H26N6O3/c1-13-9-26(18-3-2-17(8-22)27-19(18)4-5-23-27)10-20(30-13)21(28)25-14-6-15-11-29-12-16(7-14)24-15/h2-5,13-16,20,24H,6-7,9-12H2,1H3,(H,25,28)/t13-,14?,15?,16?,20-/m1/s1. The maximum absolute atomic E-state index is 13.0. The van der Waals surface area contributed by atoms with Crippen LogP contribution in [0.4, 0.5) is 5.69 Å². The highest BCUT2D eigenvalue weighted by molar-refractivity contribution is 5.83. The second-order valence-corrected chi connectivity index (χ2v) is 8.46. The zero-order chi connectivity index (χ0) is 20.7. The summed E-state index contributed by atoms with van der Waals surface area (Å²) in [7, 11) is 0. The highest BCUT2D eigenvalue weighted by Crippen LogP contribution is 2.27. The van der Waals surface area contributed by atoms with Gasteiger partial charge in [0.15, 0.2) is 6.10 Å². The van der Waals surface area contributed by atoms with E-state index >= 15 is 0 Å². The molecule has 9 nitrogen and oxygen atoms in total. The molecule has 0 aliphatic carbocycles. The first-order valence-electron chi connectivity index (χ1n) is 10.5. The van der Waals surface area contributed by atoms with Gasteiger partial charge in [-0.05, 0) is 38.0 Å². The number of anilines is 1. The Bertz CT molecular complexity index is 973. The Kier molecular flexibility index (Phi) is 5.06. The highest BCUT2D eigenvalue weighted by Gasteiger charge is 2.36. The smallest absolute Gasteiger partial charge is 0.251 e. The van der Waals surface area contributed by atoms with Gasteiger partial charge >= 0.3 is 0 Å². The lowest BCUT2D eigenvalue weighted by atomic mass is 9.92. The first-order chi connectivity index (χ1) is 14.6. The van der Waals surface area contributed by atoms with Gasteiger partial charge in [-0.2, -0.15) is 10.4 Å². The summed E-state index contributed by atoms with van der Waals surface area (Å²) in [5.74, 6) is -0.0596. The van der Waals surface area contributed by atoms with Gasteiger partial charge in [0.2, 0.25) is 0 Å². The summed E-state index contributed by atoms with van der Waals surface area (Å²) in [6.45, 7) is 4.52. The Hall–Kier alpha value is -2.67. The average molecular weight is 410 g/mol. The van der Waals surface area contributed by atoms with Gasteiger partial charge in [-0.3, -0.25) is 4.79 Å². The molecule has 2 N–H and O–H groups in total. The Balaban J connectivity index is 1.31. The fraction of sp³-hybridized carbons (Fsp3) is 0.571. The van der Waals surface area contributed by atoms with Crippen LogP contribution in [0.5, 0.6) is 0 Å². The van der Waals surface area contributed by atoms with Crippen molar-refractivity contribution >= 4 is 17.1 Å². The Morgan fingerprint density at radius 3 is 2.83 bits per heavy atom. The van der Waals surface area contributed by atoms with Crippen molar-refractivity contribution in [2.24, 2.45) is 0 Å². The van der Waals surface area contributed by atoms with E-state index in [2.05, 4.69) is 26.7 Å². The molecule has 0 saturated carbocycles. The van der Waals surface area contributed by atoms with Gasteiger partial charge in [0.25, 0.3) is 5.91 Å². The average Bonchev–Trinajstić information content (AvgIpc) is 3.22. The number of hydrogen-bond donors (Lipinski definition) is 2. The minimum absolute atomic E-state index is 0.0596. The predicted molar refractivity (Wildman–Crippen MR) is 109 cm³/mol. The van der Waals surface area contributed by atoms with Crippen LogP contribution in [0.15, 0.2) is 24.4 Å². The van der Waals surface area contributed by atoms with Crippen molar-refractivity contribution in [3.8, 4) is 6.07 Å². The van der Waals surface area contributed by atoms with Crippen molar-refractivity contribution in [1.29, 1.82) is 5.26 Å². The predicted octanol–water partition coefficient (Wildman–Crippen LogP) is 0.435. The number of ether oxygens (including phenoxy) is 2. The van der Waals surface area contributed by atoms with Gasteiger partial charge in [-0.25, -0.2) is 4.52 Å². The van der Waals surface area contributed by atoms with Gasteiger partial charge in [0.1, 0.15) is 11.8 Å². The number of hydrogen-bond acceptors (Lipinski definition) is 7. The molecule has 0 radical (unpaired) electrons. The van der Waals surface area contributed by atoms with Crippen LogP contribution in [-0.4, -0.2) is 72.2 Å². The molecular weight excluding hydrogens is 384 g/mol. The van der Waals surface area contributed by atoms with E-state index in [4.69, 9.17) is 9.47 Å². The maximum atomic E-state index is 13.0. The number of nitrogens with one attached hydrogen (secondary N) is 2. The monoisotopic (exact) mass is 410 g/mol. The highest BCUT2D eigenvalue weighted by atomic mass is 16.5. The number of fused-ring (bicyclic) bond motifs is 3. The van der Waals surface area contributed by atoms with E-state index in [-0.39, 0.29) is 18.1 Å². The Morgan fingerprint density at radius 2 is 2.07 bits per heavy atom. The number of nitriles is 1. The molecule has 5 heterocycles. The molecule has 2 unspecified atom stereocenters. The molecule has 2 aromatic rings. The number of amides is 1. The van der Waals surface area contributed by atoms with Crippen LogP contribution in [-0.2, 0) is 14.3 Å². The lowest BCUT2D eigenvalue weighted by molar-refractivity contribution is -0.138. The summed E-state index contributed by atoms with van der Waals surface area (Å²) in [4.78, 5) is 15.2. The largest absolute Gasteiger partial charge is 0.378 e. The number of piperidine rings is 1. The molecule has 2 aromatic heterocycles. The normalized spacial score (nSPS) is 31.3. The number of pyridine rings is 1. The van der Waals surface area contributed by atoms with Crippen LogP contribution in [0, 0.1) is 11.3 Å². The third kappa shape index (κ3) is 3.62. The molecule has 1 amide bonds. The van der Waals surface area contributed by atoms with Crippen molar-refractivity contribution < 1.29 is 14.3 Å². The van der Waals surface area contributed by atoms with Crippen LogP contribution < -0.4 is 15.5 Å². The summed E-state index contributed by atoms with van der Waals surface area (Å²) < 4.78 is 13.2. The van der Waals surface area contributed by atoms with E-state index in [0.29, 0.717) is 44.1 Å². The van der Waals surface area contributed by atoms with Crippen LogP contribution in [0.2, 0.25) is 0 Å². The van der Waals surface area contributed by atoms with E-state index in [1.54, 1.807) is 16.8 Å². The first-order valence-corrected chi connectivity index (χ1v) is 10.5. The Labute approximate surface area is 174 Å². The molecular formula is C21H26N6O3. The molecule has 3 saturated heterocycles. The molecule has 3 aliphatic heterocycles. The van der Waals surface area contributed by atoms with Crippen molar-refractivity contribution in [1.82, 2.24) is 20.2 Å². The first kappa shape index (κ1) is 19.3. The lowest BCUT2D eigenvalue weighted by Crippen LogP contribution is -2.60. The van der Waals surface area contributed by atoms with Gasteiger partial charge in [0, 0.05) is 24.7 Å². The topological polar surface area (TPSA) is 104 Å². The molecule has 9 heteroatoms. The second-order valence-electron chi connectivity index (χ2n) is 8.46. The lowest BCUT2D eigenvalue weighted by Gasteiger charge is -2.41. The molecule has 3 fully saturated rings. The molecule has 30 heavy (non-hydrogen) atoms. The summed E-state index contributed by atoms with van der Waals surface area (Å²) in [6.07, 6.45) is 2.80. The maximum Gasteiger partial charge on any atom is 0.251 e. The number of carbonyl (C=O) groups is 1. The molecule has 0 aromatic carbocycles. The van der Waals surface area contributed by atoms with E-state index in [1.807, 2.05) is 19.1 Å². The molecule has 4 atom stereocenters. The van der Waals surface area contributed by atoms with Gasteiger partial charge in [0.05, 0.1) is 43.3 Å². The van der Waals surface area contributed by atoms with Crippen LogP contribution >= 0.6 is 0 Å². The Morgan fingerprint density at radius 1 is 1.27 bits per heavy atom. The number of rotatable bonds is 3. The summed E-state index contributed by atoms with van der Waals surface area (Å²) >= 11 is 0. The van der Waals surface area contributed by atoms with Gasteiger partial charge < -0.3 is 25.0 Å². The van der Waals surface area contributed by atoms with E-state index < -0.39 is 6.10 Å². The van der Waals surface area contributed by atoms with Crippen LogP contribution in [0.1, 0.15) is 25.5 Å². The second kappa shape index (κ2) is 7.87. The summed E-state index contributed by atoms with van der Waals surface area (Å²) in [6, 6.07) is 8.50. The minimum Gasteiger partial charge on any atom is -0.378 e. The van der Waals surface area contributed by atoms with Crippen LogP contribution in [0.3, 0.4) is 0 Å². The zero-order valence-corrected chi connectivity index (χ0v) is 17.0. The fourth-order valence-corrected chi connectivity index (χ4v) is 4.90. The van der Waals surface area contributed by atoms with Crippen molar-refractivity contribution in [3.63, 3.8) is 0 Å². The molecule has 3 aliphatic rings.